The maximum atomic E-state index is 4.61. The van der Waals surface area contributed by atoms with Crippen LogP contribution in [0.3, 0.4) is 0 Å². The second kappa shape index (κ2) is 5.97. The monoisotopic (exact) mass is 220 g/mol. The molecule has 0 fully saturated rings. The van der Waals surface area contributed by atoms with E-state index in [1.165, 1.54) is 32.1 Å². The molecular weight excluding hydrogens is 196 g/mol. The molecule has 0 radical (unpaired) electrons. The molecule has 0 N–H and O–H groups in total. The lowest BCUT2D eigenvalue weighted by Crippen LogP contribution is -2.25. The van der Waals surface area contributed by atoms with Crippen molar-refractivity contribution >= 4 is 0 Å². The van der Waals surface area contributed by atoms with Gasteiger partial charge in [0.1, 0.15) is 5.82 Å². The number of rotatable bonds is 6. The molecule has 0 saturated heterocycles. The lowest BCUT2D eigenvalue weighted by atomic mass is 9.80. The van der Waals surface area contributed by atoms with Crippen LogP contribution in [0, 0.1) is 6.92 Å². The Morgan fingerprint density at radius 1 is 1.19 bits per heavy atom. The second-order valence-electron chi connectivity index (χ2n) is 4.94. The molecule has 1 aromatic heterocycles. The molecule has 2 heteroatoms. The minimum absolute atomic E-state index is 0.163. The zero-order valence-corrected chi connectivity index (χ0v) is 11.1. The minimum atomic E-state index is 0.163. The molecule has 0 bridgehead atoms. The van der Waals surface area contributed by atoms with E-state index in [0.717, 1.165) is 11.5 Å². The molecule has 90 valence electrons. The van der Waals surface area contributed by atoms with Crippen LogP contribution in [-0.4, -0.2) is 9.97 Å². The Kier molecular flexibility index (Phi) is 4.91. The molecular formula is C14H24N2. The van der Waals surface area contributed by atoms with Crippen molar-refractivity contribution in [3.05, 3.63) is 23.8 Å². The van der Waals surface area contributed by atoms with Gasteiger partial charge in [-0.3, -0.25) is 0 Å². The fraction of sp³-hybridized carbons (Fsp3) is 0.714. The first-order valence-corrected chi connectivity index (χ1v) is 6.42. The van der Waals surface area contributed by atoms with Crippen molar-refractivity contribution in [2.75, 3.05) is 0 Å². The molecule has 1 atom stereocenters. The summed E-state index contributed by atoms with van der Waals surface area (Å²) in [6.45, 7) is 8.82. The van der Waals surface area contributed by atoms with Crippen LogP contribution in [-0.2, 0) is 5.41 Å². The molecule has 16 heavy (non-hydrogen) atoms. The van der Waals surface area contributed by atoms with Crippen LogP contribution < -0.4 is 0 Å². The predicted molar refractivity (Wildman–Crippen MR) is 68.6 cm³/mol. The van der Waals surface area contributed by atoms with Gasteiger partial charge in [0.2, 0.25) is 0 Å². The zero-order valence-electron chi connectivity index (χ0n) is 11.1. The van der Waals surface area contributed by atoms with Crippen LogP contribution in [0.1, 0.15) is 64.4 Å². The van der Waals surface area contributed by atoms with Crippen molar-refractivity contribution in [2.24, 2.45) is 0 Å². The third kappa shape index (κ3) is 3.29. The average Bonchev–Trinajstić information content (AvgIpc) is 2.27. The van der Waals surface area contributed by atoms with Crippen LogP contribution in [0.15, 0.2) is 12.3 Å². The number of aryl methyl sites for hydroxylation is 1. The number of nitrogens with zero attached hydrogens (tertiary/aromatic N) is 2. The van der Waals surface area contributed by atoms with E-state index in [4.69, 9.17) is 0 Å². The standard InChI is InChI=1S/C14H24N2/c1-5-7-10-14(4,9-6-2)13-15-11-8-12(3)16-13/h8,11H,5-7,9-10H2,1-4H3. The highest BCUT2D eigenvalue weighted by atomic mass is 14.9. The Hall–Kier alpha value is -0.920. The number of unbranched alkanes of at least 4 members (excludes halogenated alkanes) is 1. The van der Waals surface area contributed by atoms with Gasteiger partial charge in [-0.1, -0.05) is 40.0 Å². The molecule has 0 spiro atoms. The summed E-state index contributed by atoms with van der Waals surface area (Å²) in [6.07, 6.45) is 7.95. The Bertz CT molecular complexity index is 322. The quantitative estimate of drug-likeness (QED) is 0.723. The van der Waals surface area contributed by atoms with Gasteiger partial charge in [0.05, 0.1) is 0 Å². The maximum absolute atomic E-state index is 4.61. The molecule has 1 unspecified atom stereocenters. The zero-order chi connectivity index (χ0) is 12.0. The van der Waals surface area contributed by atoms with Crippen LogP contribution in [0.2, 0.25) is 0 Å². The van der Waals surface area contributed by atoms with E-state index in [2.05, 4.69) is 30.7 Å². The number of aromatic nitrogens is 2. The maximum Gasteiger partial charge on any atom is 0.134 e. The molecule has 0 amide bonds. The highest BCUT2D eigenvalue weighted by Crippen LogP contribution is 2.31. The Balaban J connectivity index is 2.91. The summed E-state index contributed by atoms with van der Waals surface area (Å²) in [5.41, 5.74) is 1.24. The Morgan fingerprint density at radius 3 is 2.50 bits per heavy atom. The van der Waals surface area contributed by atoms with Gasteiger partial charge in [-0.15, -0.1) is 0 Å². The molecule has 0 saturated carbocycles. The summed E-state index contributed by atoms with van der Waals surface area (Å²) in [4.78, 5) is 9.08. The third-order valence-corrected chi connectivity index (χ3v) is 3.22. The summed E-state index contributed by atoms with van der Waals surface area (Å²) in [5.74, 6) is 1.03. The van der Waals surface area contributed by atoms with Gasteiger partial charge in [0.25, 0.3) is 0 Å². The fourth-order valence-corrected chi connectivity index (χ4v) is 2.21. The van der Waals surface area contributed by atoms with Crippen molar-refractivity contribution in [1.29, 1.82) is 0 Å². The van der Waals surface area contributed by atoms with Crippen LogP contribution in [0.25, 0.3) is 0 Å². The molecule has 1 heterocycles. The number of hydrogen-bond donors (Lipinski definition) is 0. The van der Waals surface area contributed by atoms with Gasteiger partial charge in [-0.05, 0) is 25.8 Å². The smallest absolute Gasteiger partial charge is 0.134 e. The van der Waals surface area contributed by atoms with E-state index in [1.807, 2.05) is 19.2 Å². The summed E-state index contributed by atoms with van der Waals surface area (Å²) < 4.78 is 0. The summed E-state index contributed by atoms with van der Waals surface area (Å²) >= 11 is 0. The van der Waals surface area contributed by atoms with E-state index < -0.39 is 0 Å². The molecule has 1 rings (SSSR count). The minimum Gasteiger partial charge on any atom is -0.241 e. The lowest BCUT2D eigenvalue weighted by molar-refractivity contribution is 0.361. The van der Waals surface area contributed by atoms with Crippen LogP contribution in [0.4, 0.5) is 0 Å². The first-order valence-electron chi connectivity index (χ1n) is 6.42. The van der Waals surface area contributed by atoms with Crippen LogP contribution >= 0.6 is 0 Å². The lowest BCUT2D eigenvalue weighted by Gasteiger charge is -2.27. The summed E-state index contributed by atoms with van der Waals surface area (Å²) in [5, 5.41) is 0. The van der Waals surface area contributed by atoms with Gasteiger partial charge >= 0.3 is 0 Å². The van der Waals surface area contributed by atoms with Gasteiger partial charge < -0.3 is 0 Å². The van der Waals surface area contributed by atoms with Crippen molar-refractivity contribution < 1.29 is 0 Å². The first kappa shape index (κ1) is 13.1. The van der Waals surface area contributed by atoms with E-state index in [9.17, 15) is 0 Å². The van der Waals surface area contributed by atoms with Crippen molar-refractivity contribution in [1.82, 2.24) is 9.97 Å². The van der Waals surface area contributed by atoms with Crippen molar-refractivity contribution in [3.8, 4) is 0 Å². The largest absolute Gasteiger partial charge is 0.241 e. The van der Waals surface area contributed by atoms with E-state index in [1.54, 1.807) is 0 Å². The van der Waals surface area contributed by atoms with Gasteiger partial charge in [-0.2, -0.15) is 0 Å². The molecule has 0 aliphatic rings. The van der Waals surface area contributed by atoms with E-state index >= 15 is 0 Å². The first-order chi connectivity index (χ1) is 7.62. The molecule has 0 aliphatic heterocycles. The SMILES string of the molecule is CCCCC(C)(CCC)c1nccc(C)n1. The molecule has 2 nitrogen and oxygen atoms in total. The van der Waals surface area contributed by atoms with Gasteiger partial charge in [0, 0.05) is 17.3 Å². The molecule has 0 aliphatic carbocycles. The molecule has 0 aromatic carbocycles. The van der Waals surface area contributed by atoms with E-state index in [0.29, 0.717) is 0 Å². The van der Waals surface area contributed by atoms with Gasteiger partial charge in [0.15, 0.2) is 0 Å². The molecule has 1 aromatic rings. The summed E-state index contributed by atoms with van der Waals surface area (Å²) in [6, 6.07) is 1.97. The van der Waals surface area contributed by atoms with Gasteiger partial charge in [-0.25, -0.2) is 9.97 Å². The second-order valence-corrected chi connectivity index (χ2v) is 4.94. The topological polar surface area (TPSA) is 25.8 Å². The Labute approximate surface area is 99.5 Å². The number of hydrogen-bond acceptors (Lipinski definition) is 2. The van der Waals surface area contributed by atoms with E-state index in [-0.39, 0.29) is 5.41 Å². The third-order valence-electron chi connectivity index (χ3n) is 3.22. The average molecular weight is 220 g/mol. The highest BCUT2D eigenvalue weighted by Gasteiger charge is 2.27. The van der Waals surface area contributed by atoms with Crippen molar-refractivity contribution in [3.63, 3.8) is 0 Å². The normalized spacial score (nSPS) is 14.8. The van der Waals surface area contributed by atoms with Crippen LogP contribution in [0.5, 0.6) is 0 Å². The highest BCUT2D eigenvalue weighted by molar-refractivity contribution is 5.09. The summed E-state index contributed by atoms with van der Waals surface area (Å²) in [7, 11) is 0. The van der Waals surface area contributed by atoms with Crippen molar-refractivity contribution in [2.45, 2.75) is 65.2 Å². The predicted octanol–water partition coefficient (Wildman–Crippen LogP) is 4.03. The Morgan fingerprint density at radius 2 is 1.94 bits per heavy atom. The fourth-order valence-electron chi connectivity index (χ4n) is 2.21.